The molecule has 1 aliphatic heterocycles. The second kappa shape index (κ2) is 8.78. The molecular formula is C22H29N5O2. The zero-order chi connectivity index (χ0) is 20.2. The molecular weight excluding hydrogens is 366 g/mol. The Labute approximate surface area is 171 Å². The summed E-state index contributed by atoms with van der Waals surface area (Å²) in [5, 5.41) is 10.1. The minimum absolute atomic E-state index is 0.133. The highest BCUT2D eigenvalue weighted by Crippen LogP contribution is 2.28. The average Bonchev–Trinajstić information content (AvgIpc) is 3.27. The summed E-state index contributed by atoms with van der Waals surface area (Å²) in [6.45, 7) is 5.06. The number of benzene rings is 1. The van der Waals surface area contributed by atoms with E-state index in [1.165, 1.54) is 12.8 Å². The Hall–Kier alpha value is -2.67. The minimum atomic E-state index is -0.202. The number of nitrogens with zero attached hydrogens (tertiary/aromatic N) is 3. The van der Waals surface area contributed by atoms with E-state index in [2.05, 4.69) is 25.3 Å². The largest absolute Gasteiger partial charge is 0.367 e. The first-order valence-corrected chi connectivity index (χ1v) is 10.6. The molecule has 7 nitrogen and oxygen atoms in total. The average molecular weight is 396 g/mol. The molecule has 0 spiro atoms. The SMILES string of the molecule is CC(C(=O)NC1CCCC1)N1CCN(c2cc(=O)[nH]nc2-c2ccccc2)CC1. The number of H-pyrrole nitrogens is 1. The number of hydrogen-bond acceptors (Lipinski definition) is 5. The first-order valence-electron chi connectivity index (χ1n) is 10.6. The number of carbonyl (C=O) groups is 1. The third-order valence-corrected chi connectivity index (χ3v) is 6.12. The first kappa shape index (κ1) is 19.6. The molecule has 1 saturated carbocycles. The van der Waals surface area contributed by atoms with Gasteiger partial charge >= 0.3 is 0 Å². The van der Waals surface area contributed by atoms with Crippen molar-refractivity contribution in [3.05, 3.63) is 46.8 Å². The van der Waals surface area contributed by atoms with Gasteiger partial charge in [-0.1, -0.05) is 43.2 Å². The molecule has 1 unspecified atom stereocenters. The second-order valence-electron chi connectivity index (χ2n) is 8.02. The van der Waals surface area contributed by atoms with E-state index in [0.717, 1.165) is 56.0 Å². The summed E-state index contributed by atoms with van der Waals surface area (Å²) in [5.41, 5.74) is 2.41. The summed E-state index contributed by atoms with van der Waals surface area (Å²) in [7, 11) is 0. The van der Waals surface area contributed by atoms with Gasteiger partial charge in [0.2, 0.25) is 5.91 Å². The monoisotopic (exact) mass is 395 g/mol. The molecule has 2 N–H and O–H groups in total. The van der Waals surface area contributed by atoms with Crippen LogP contribution in [0.4, 0.5) is 5.69 Å². The summed E-state index contributed by atoms with van der Waals surface area (Å²) in [6, 6.07) is 11.7. The Morgan fingerprint density at radius 2 is 1.83 bits per heavy atom. The van der Waals surface area contributed by atoms with Gasteiger partial charge in [0.25, 0.3) is 5.56 Å². The van der Waals surface area contributed by atoms with Gasteiger partial charge in [-0.2, -0.15) is 5.10 Å². The van der Waals surface area contributed by atoms with Gasteiger partial charge in [-0.15, -0.1) is 0 Å². The lowest BCUT2D eigenvalue weighted by molar-refractivity contribution is -0.126. The number of hydrogen-bond donors (Lipinski definition) is 2. The second-order valence-corrected chi connectivity index (χ2v) is 8.02. The summed E-state index contributed by atoms with van der Waals surface area (Å²) >= 11 is 0. The van der Waals surface area contributed by atoms with Crippen LogP contribution in [0.25, 0.3) is 11.3 Å². The number of nitrogens with one attached hydrogen (secondary N) is 2. The Kier molecular flexibility index (Phi) is 5.94. The molecule has 154 valence electrons. The molecule has 2 heterocycles. The van der Waals surface area contributed by atoms with Crippen LogP contribution < -0.4 is 15.8 Å². The van der Waals surface area contributed by atoms with E-state index in [1.54, 1.807) is 6.07 Å². The van der Waals surface area contributed by atoms with Crippen molar-refractivity contribution in [1.29, 1.82) is 0 Å². The lowest BCUT2D eigenvalue weighted by atomic mass is 10.1. The number of anilines is 1. The number of amides is 1. The molecule has 0 radical (unpaired) electrons. The van der Waals surface area contributed by atoms with Crippen molar-refractivity contribution in [2.24, 2.45) is 0 Å². The third-order valence-electron chi connectivity index (χ3n) is 6.12. The Morgan fingerprint density at radius 1 is 1.14 bits per heavy atom. The van der Waals surface area contributed by atoms with Crippen LogP contribution in [-0.2, 0) is 4.79 Å². The van der Waals surface area contributed by atoms with Crippen LogP contribution in [0.3, 0.4) is 0 Å². The number of aromatic nitrogens is 2. The molecule has 1 amide bonds. The standard InChI is InChI=1S/C22H29N5O2/c1-16(22(29)23-18-9-5-6-10-18)26-11-13-27(14-12-26)19-15-20(28)24-25-21(19)17-7-3-2-4-8-17/h2-4,7-8,15-16,18H,5-6,9-14H2,1H3,(H,23,29)(H,24,28). The summed E-state index contributed by atoms with van der Waals surface area (Å²) in [6.07, 6.45) is 4.63. The van der Waals surface area contributed by atoms with Crippen molar-refractivity contribution < 1.29 is 4.79 Å². The molecule has 1 saturated heterocycles. The van der Waals surface area contributed by atoms with Crippen molar-refractivity contribution in [3.8, 4) is 11.3 Å². The van der Waals surface area contributed by atoms with Gasteiger partial charge in [0.15, 0.2) is 0 Å². The molecule has 7 heteroatoms. The van der Waals surface area contributed by atoms with Gasteiger partial charge in [-0.25, -0.2) is 5.10 Å². The van der Waals surface area contributed by atoms with E-state index < -0.39 is 0 Å². The molecule has 1 aliphatic carbocycles. The molecule has 1 aromatic carbocycles. The summed E-state index contributed by atoms with van der Waals surface area (Å²) in [5.74, 6) is 0.133. The van der Waals surface area contributed by atoms with E-state index in [-0.39, 0.29) is 17.5 Å². The molecule has 2 fully saturated rings. The lowest BCUT2D eigenvalue weighted by Crippen LogP contribution is -2.55. The van der Waals surface area contributed by atoms with Crippen molar-refractivity contribution in [1.82, 2.24) is 20.4 Å². The molecule has 1 atom stereocenters. The fourth-order valence-corrected chi connectivity index (χ4v) is 4.35. The number of piperazine rings is 1. The number of carbonyl (C=O) groups excluding carboxylic acids is 1. The van der Waals surface area contributed by atoms with E-state index in [4.69, 9.17) is 0 Å². The zero-order valence-electron chi connectivity index (χ0n) is 16.9. The summed E-state index contributed by atoms with van der Waals surface area (Å²) in [4.78, 5) is 29.0. The fourth-order valence-electron chi connectivity index (χ4n) is 4.35. The van der Waals surface area contributed by atoms with Crippen LogP contribution in [0.1, 0.15) is 32.6 Å². The predicted octanol–water partition coefficient (Wildman–Crippen LogP) is 2.01. The van der Waals surface area contributed by atoms with E-state index in [1.807, 2.05) is 37.3 Å². The Bertz CT molecular complexity index is 884. The van der Waals surface area contributed by atoms with Crippen LogP contribution in [0, 0.1) is 0 Å². The van der Waals surface area contributed by atoms with Gasteiger partial charge in [0, 0.05) is 43.9 Å². The Morgan fingerprint density at radius 3 is 2.52 bits per heavy atom. The van der Waals surface area contributed by atoms with E-state index in [0.29, 0.717) is 6.04 Å². The van der Waals surface area contributed by atoms with Gasteiger partial charge in [0.05, 0.1) is 11.7 Å². The summed E-state index contributed by atoms with van der Waals surface area (Å²) < 4.78 is 0. The van der Waals surface area contributed by atoms with Crippen molar-refractivity contribution in [2.45, 2.75) is 44.7 Å². The number of aromatic amines is 1. The number of rotatable bonds is 5. The zero-order valence-corrected chi connectivity index (χ0v) is 16.9. The van der Waals surface area contributed by atoms with Crippen LogP contribution in [-0.4, -0.2) is 59.3 Å². The third kappa shape index (κ3) is 4.50. The van der Waals surface area contributed by atoms with Gasteiger partial charge < -0.3 is 10.2 Å². The van der Waals surface area contributed by atoms with Gasteiger partial charge in [-0.3, -0.25) is 14.5 Å². The minimum Gasteiger partial charge on any atom is -0.367 e. The molecule has 2 aromatic rings. The topological polar surface area (TPSA) is 81.3 Å². The Balaban J connectivity index is 1.42. The molecule has 2 aliphatic rings. The van der Waals surface area contributed by atoms with Crippen molar-refractivity contribution in [3.63, 3.8) is 0 Å². The van der Waals surface area contributed by atoms with Crippen molar-refractivity contribution in [2.75, 3.05) is 31.1 Å². The first-order chi connectivity index (χ1) is 14.1. The quantitative estimate of drug-likeness (QED) is 0.809. The fraction of sp³-hybridized carbons (Fsp3) is 0.500. The van der Waals surface area contributed by atoms with Gasteiger partial charge in [0.1, 0.15) is 5.69 Å². The lowest BCUT2D eigenvalue weighted by Gasteiger charge is -2.39. The van der Waals surface area contributed by atoms with Crippen LogP contribution in [0.5, 0.6) is 0 Å². The predicted molar refractivity (Wildman–Crippen MR) is 114 cm³/mol. The van der Waals surface area contributed by atoms with E-state index >= 15 is 0 Å². The maximum atomic E-state index is 12.6. The van der Waals surface area contributed by atoms with Crippen molar-refractivity contribution >= 4 is 11.6 Å². The normalized spacial score (nSPS) is 19.3. The maximum Gasteiger partial charge on any atom is 0.266 e. The maximum absolute atomic E-state index is 12.6. The highest BCUT2D eigenvalue weighted by atomic mass is 16.2. The van der Waals surface area contributed by atoms with Crippen LogP contribution >= 0.6 is 0 Å². The smallest absolute Gasteiger partial charge is 0.266 e. The highest BCUT2D eigenvalue weighted by molar-refractivity contribution is 5.81. The molecule has 1 aromatic heterocycles. The van der Waals surface area contributed by atoms with Gasteiger partial charge in [-0.05, 0) is 19.8 Å². The van der Waals surface area contributed by atoms with Crippen LogP contribution in [0.15, 0.2) is 41.2 Å². The molecule has 29 heavy (non-hydrogen) atoms. The molecule has 0 bridgehead atoms. The van der Waals surface area contributed by atoms with E-state index in [9.17, 15) is 9.59 Å². The molecule has 4 rings (SSSR count). The van der Waals surface area contributed by atoms with Crippen LogP contribution in [0.2, 0.25) is 0 Å². The highest BCUT2D eigenvalue weighted by Gasteiger charge is 2.28.